The fraction of sp³-hybridized carbons (Fsp3) is 0.250. The molecule has 170 valence electrons. The quantitative estimate of drug-likeness (QED) is 0.466. The Morgan fingerprint density at radius 3 is 2.33 bits per heavy atom. The molecular formula is C24H23N3O5S. The zero-order valence-corrected chi connectivity index (χ0v) is 18.7. The Balaban J connectivity index is 1.25. The van der Waals surface area contributed by atoms with Crippen LogP contribution in [0.15, 0.2) is 54.7 Å². The van der Waals surface area contributed by atoms with Crippen LogP contribution >= 0.6 is 11.3 Å². The molecule has 2 aromatic carbocycles. The van der Waals surface area contributed by atoms with Crippen LogP contribution in [0, 0.1) is 0 Å². The zero-order valence-electron chi connectivity index (χ0n) is 17.9. The number of amides is 2. The number of nitrogens with one attached hydrogen (secondary N) is 2. The molecule has 0 spiro atoms. The summed E-state index contributed by atoms with van der Waals surface area (Å²) in [5.41, 5.74) is 4.57. The van der Waals surface area contributed by atoms with Crippen molar-refractivity contribution >= 4 is 29.3 Å². The second kappa shape index (κ2) is 9.83. The van der Waals surface area contributed by atoms with Crippen LogP contribution in [0.2, 0.25) is 0 Å². The van der Waals surface area contributed by atoms with Gasteiger partial charge in [-0.05, 0) is 29.2 Å². The molecule has 9 heteroatoms. The molecule has 0 radical (unpaired) electrons. The van der Waals surface area contributed by atoms with E-state index in [-0.39, 0.29) is 36.3 Å². The summed E-state index contributed by atoms with van der Waals surface area (Å²) in [6, 6.07) is 15.8. The van der Waals surface area contributed by atoms with Gasteiger partial charge in [-0.15, -0.1) is 11.3 Å². The molecule has 1 aliphatic carbocycles. The Bertz CT molecular complexity index is 1150. The molecule has 0 saturated carbocycles. The van der Waals surface area contributed by atoms with E-state index in [9.17, 15) is 14.4 Å². The fourth-order valence-corrected chi connectivity index (χ4v) is 4.60. The van der Waals surface area contributed by atoms with E-state index in [0.29, 0.717) is 5.01 Å². The number of carbonyl (C=O) groups is 3. The predicted molar refractivity (Wildman–Crippen MR) is 123 cm³/mol. The summed E-state index contributed by atoms with van der Waals surface area (Å²) in [4.78, 5) is 39.5. The molecule has 0 unspecified atom stereocenters. The molecule has 3 aromatic rings. The SMILES string of the molecule is C[C@@H](CC(=O)NCc1ncc(C(=O)O)s1)NC(=O)OCC1c2ccccc2-c2ccccc21. The first kappa shape index (κ1) is 22.5. The number of carboxylic acids is 1. The smallest absolute Gasteiger partial charge is 0.407 e. The lowest BCUT2D eigenvalue weighted by Gasteiger charge is -2.17. The Hall–Kier alpha value is -3.72. The number of carbonyl (C=O) groups excluding carboxylic acids is 2. The summed E-state index contributed by atoms with van der Waals surface area (Å²) >= 11 is 1.01. The van der Waals surface area contributed by atoms with Gasteiger partial charge < -0.3 is 20.5 Å². The molecule has 1 aliphatic rings. The van der Waals surface area contributed by atoms with Gasteiger partial charge >= 0.3 is 12.1 Å². The maximum atomic E-state index is 12.3. The third-order valence-electron chi connectivity index (χ3n) is 5.40. The van der Waals surface area contributed by atoms with Crippen LogP contribution in [0.1, 0.15) is 45.1 Å². The van der Waals surface area contributed by atoms with E-state index in [2.05, 4.69) is 39.9 Å². The zero-order chi connectivity index (χ0) is 23.4. The Kier molecular flexibility index (Phi) is 6.69. The Morgan fingerprint density at radius 1 is 1.09 bits per heavy atom. The van der Waals surface area contributed by atoms with Crippen LogP contribution in [0.4, 0.5) is 4.79 Å². The summed E-state index contributed by atoms with van der Waals surface area (Å²) in [5.74, 6) is -1.37. The molecule has 2 amide bonds. The maximum absolute atomic E-state index is 12.3. The van der Waals surface area contributed by atoms with E-state index in [4.69, 9.17) is 9.84 Å². The lowest BCUT2D eigenvalue weighted by Crippen LogP contribution is -2.37. The van der Waals surface area contributed by atoms with Gasteiger partial charge in [0.15, 0.2) is 0 Å². The summed E-state index contributed by atoms with van der Waals surface area (Å²) in [7, 11) is 0. The highest BCUT2D eigenvalue weighted by atomic mass is 32.1. The van der Waals surface area contributed by atoms with Gasteiger partial charge in [-0.3, -0.25) is 4.79 Å². The van der Waals surface area contributed by atoms with Crippen LogP contribution in [0.25, 0.3) is 11.1 Å². The van der Waals surface area contributed by atoms with Gasteiger partial charge in [0.1, 0.15) is 16.5 Å². The molecular weight excluding hydrogens is 442 g/mol. The number of aromatic nitrogens is 1. The summed E-state index contributed by atoms with van der Waals surface area (Å²) in [6.07, 6.45) is 0.736. The number of ether oxygens (including phenoxy) is 1. The Morgan fingerprint density at radius 2 is 1.73 bits per heavy atom. The largest absolute Gasteiger partial charge is 0.477 e. The molecule has 33 heavy (non-hydrogen) atoms. The van der Waals surface area contributed by atoms with Crippen molar-refractivity contribution in [2.75, 3.05) is 6.61 Å². The third-order valence-corrected chi connectivity index (χ3v) is 6.39. The van der Waals surface area contributed by atoms with Crippen molar-refractivity contribution in [1.29, 1.82) is 0 Å². The van der Waals surface area contributed by atoms with Crippen molar-refractivity contribution in [3.63, 3.8) is 0 Å². The molecule has 1 heterocycles. The van der Waals surface area contributed by atoms with Crippen LogP contribution < -0.4 is 10.6 Å². The van der Waals surface area contributed by atoms with Crippen LogP contribution in [-0.4, -0.2) is 40.7 Å². The molecule has 0 saturated heterocycles. The number of hydrogen-bond donors (Lipinski definition) is 3. The monoisotopic (exact) mass is 465 g/mol. The van der Waals surface area contributed by atoms with Gasteiger partial charge in [0.2, 0.25) is 5.91 Å². The maximum Gasteiger partial charge on any atom is 0.407 e. The van der Waals surface area contributed by atoms with Gasteiger partial charge in [-0.1, -0.05) is 48.5 Å². The van der Waals surface area contributed by atoms with Crippen molar-refractivity contribution in [3.05, 3.63) is 75.7 Å². The summed E-state index contributed by atoms with van der Waals surface area (Å²) < 4.78 is 5.50. The lowest BCUT2D eigenvalue weighted by atomic mass is 9.98. The van der Waals surface area contributed by atoms with Crippen LogP contribution in [0.5, 0.6) is 0 Å². The minimum atomic E-state index is -1.05. The minimum Gasteiger partial charge on any atom is -0.477 e. The number of aromatic carboxylic acids is 1. The molecule has 0 bridgehead atoms. The number of thiazole rings is 1. The molecule has 4 rings (SSSR count). The van der Waals surface area contributed by atoms with Crippen molar-refractivity contribution in [2.24, 2.45) is 0 Å². The van der Waals surface area contributed by atoms with Crippen molar-refractivity contribution in [1.82, 2.24) is 15.6 Å². The highest BCUT2D eigenvalue weighted by molar-refractivity contribution is 7.13. The topological polar surface area (TPSA) is 118 Å². The molecule has 3 N–H and O–H groups in total. The number of hydrogen-bond acceptors (Lipinski definition) is 6. The first-order valence-corrected chi connectivity index (χ1v) is 11.3. The first-order chi connectivity index (χ1) is 15.9. The summed E-state index contributed by atoms with van der Waals surface area (Å²) in [5, 5.41) is 14.8. The van der Waals surface area contributed by atoms with E-state index in [1.165, 1.54) is 6.20 Å². The average Bonchev–Trinajstić information content (AvgIpc) is 3.39. The fourth-order valence-electron chi connectivity index (χ4n) is 3.91. The molecule has 0 aliphatic heterocycles. The average molecular weight is 466 g/mol. The second-order valence-corrected chi connectivity index (χ2v) is 8.89. The number of nitrogens with zero attached hydrogens (tertiary/aromatic N) is 1. The van der Waals surface area contributed by atoms with E-state index in [1.54, 1.807) is 6.92 Å². The van der Waals surface area contributed by atoms with E-state index in [1.807, 2.05) is 24.3 Å². The third kappa shape index (κ3) is 5.20. The van der Waals surface area contributed by atoms with Crippen LogP contribution in [-0.2, 0) is 16.1 Å². The molecule has 1 aromatic heterocycles. The lowest BCUT2D eigenvalue weighted by molar-refractivity contribution is -0.121. The van der Waals surface area contributed by atoms with Crippen molar-refractivity contribution in [3.8, 4) is 11.1 Å². The summed E-state index contributed by atoms with van der Waals surface area (Å²) in [6.45, 7) is 2.05. The number of rotatable bonds is 8. The van der Waals surface area contributed by atoms with Gasteiger partial charge in [0.05, 0.1) is 12.7 Å². The molecule has 8 nitrogen and oxygen atoms in total. The molecule has 0 fully saturated rings. The van der Waals surface area contributed by atoms with Gasteiger partial charge in [-0.2, -0.15) is 0 Å². The van der Waals surface area contributed by atoms with Gasteiger partial charge in [0, 0.05) is 18.4 Å². The van der Waals surface area contributed by atoms with Crippen molar-refractivity contribution < 1.29 is 24.2 Å². The van der Waals surface area contributed by atoms with Crippen LogP contribution in [0.3, 0.4) is 0 Å². The van der Waals surface area contributed by atoms with E-state index < -0.39 is 18.1 Å². The van der Waals surface area contributed by atoms with E-state index in [0.717, 1.165) is 33.6 Å². The predicted octanol–water partition coefficient (Wildman–Crippen LogP) is 3.77. The first-order valence-electron chi connectivity index (χ1n) is 10.5. The Labute approximate surface area is 194 Å². The normalized spacial score (nSPS) is 13.0. The van der Waals surface area contributed by atoms with E-state index >= 15 is 0 Å². The number of carboxylic acid groups (broad SMARTS) is 1. The second-order valence-electron chi connectivity index (χ2n) is 7.78. The van der Waals surface area contributed by atoms with Gasteiger partial charge in [0.25, 0.3) is 0 Å². The molecule has 1 atom stereocenters. The number of fused-ring (bicyclic) bond motifs is 3. The standard InChI is InChI=1S/C24H23N3O5S/c1-14(10-21(28)25-12-22-26-11-20(33-22)23(29)30)27-24(31)32-13-19-17-8-4-2-6-15(17)16-7-3-5-9-18(16)19/h2-9,11,14,19H,10,12-13H2,1H3,(H,25,28)(H,27,31)(H,29,30)/t14-/m0/s1. The number of alkyl carbamates (subject to hydrolysis) is 1. The highest BCUT2D eigenvalue weighted by Crippen LogP contribution is 2.44. The minimum absolute atomic E-state index is 0.0317. The number of benzene rings is 2. The van der Waals surface area contributed by atoms with Gasteiger partial charge in [-0.25, -0.2) is 14.6 Å². The highest BCUT2D eigenvalue weighted by Gasteiger charge is 2.29. The van der Waals surface area contributed by atoms with Crippen molar-refractivity contribution in [2.45, 2.75) is 31.8 Å².